The number of benzene rings is 1. The standard InChI is InChI=1S/C25H24N6OS/c1-15(32)27-25-28-21-8-7-20-22(17-4-3-10-26-13-17)29-31(23(20)24(21)33-25)19-6-5-18-14-30(2)11-9-16(18)12-19/h3-6,10,12-13H,7-9,11,14H2,1-2H3,(H,27,28,32). The third-order valence-corrected chi connectivity index (χ3v) is 7.38. The molecule has 0 atom stereocenters. The van der Waals surface area contributed by atoms with Gasteiger partial charge in [-0.15, -0.1) is 0 Å². The Balaban J connectivity index is 1.54. The quantitative estimate of drug-likeness (QED) is 0.502. The lowest BCUT2D eigenvalue weighted by Gasteiger charge is -2.25. The number of aromatic nitrogens is 4. The first-order chi connectivity index (χ1) is 16.1. The number of amides is 1. The summed E-state index contributed by atoms with van der Waals surface area (Å²) in [6, 6.07) is 10.7. The van der Waals surface area contributed by atoms with Crippen molar-refractivity contribution in [2.24, 2.45) is 0 Å². The van der Waals surface area contributed by atoms with Crippen molar-refractivity contribution in [1.82, 2.24) is 24.6 Å². The van der Waals surface area contributed by atoms with Gasteiger partial charge in [-0.1, -0.05) is 17.4 Å². The zero-order valence-electron chi connectivity index (χ0n) is 18.6. The summed E-state index contributed by atoms with van der Waals surface area (Å²) in [5.74, 6) is -0.106. The van der Waals surface area contributed by atoms with Gasteiger partial charge in [0.1, 0.15) is 0 Å². The molecule has 3 aromatic heterocycles. The molecule has 1 aliphatic carbocycles. The van der Waals surface area contributed by atoms with E-state index in [2.05, 4.69) is 51.2 Å². The minimum Gasteiger partial charge on any atom is -0.302 e. The molecule has 2 aliphatic rings. The number of carbonyl (C=O) groups excluding carboxylic acids is 1. The van der Waals surface area contributed by atoms with E-state index in [1.807, 2.05) is 12.3 Å². The molecule has 166 valence electrons. The van der Waals surface area contributed by atoms with Gasteiger partial charge in [0.25, 0.3) is 0 Å². The van der Waals surface area contributed by atoms with Gasteiger partial charge >= 0.3 is 0 Å². The fourth-order valence-corrected chi connectivity index (χ4v) is 5.92. The van der Waals surface area contributed by atoms with Crippen LogP contribution in [0.25, 0.3) is 27.5 Å². The van der Waals surface area contributed by atoms with E-state index < -0.39 is 0 Å². The van der Waals surface area contributed by atoms with Crippen molar-refractivity contribution in [1.29, 1.82) is 0 Å². The van der Waals surface area contributed by atoms with Crippen LogP contribution in [-0.4, -0.2) is 44.1 Å². The van der Waals surface area contributed by atoms with Gasteiger partial charge in [0.05, 0.1) is 27.6 Å². The van der Waals surface area contributed by atoms with Crippen LogP contribution in [0.2, 0.25) is 0 Å². The van der Waals surface area contributed by atoms with Gasteiger partial charge in [-0.2, -0.15) is 5.10 Å². The average molecular weight is 457 g/mol. The van der Waals surface area contributed by atoms with Gasteiger partial charge in [0.15, 0.2) is 5.13 Å². The maximum absolute atomic E-state index is 11.6. The molecule has 0 bridgehead atoms. The van der Waals surface area contributed by atoms with Crippen molar-refractivity contribution in [3.8, 4) is 27.5 Å². The molecular formula is C25H24N6OS. The van der Waals surface area contributed by atoms with Crippen molar-refractivity contribution in [3.05, 3.63) is 65.1 Å². The van der Waals surface area contributed by atoms with E-state index in [-0.39, 0.29) is 5.91 Å². The van der Waals surface area contributed by atoms with Crippen LogP contribution in [0.3, 0.4) is 0 Å². The molecule has 1 aromatic carbocycles. The van der Waals surface area contributed by atoms with Gasteiger partial charge in [0, 0.05) is 43.5 Å². The van der Waals surface area contributed by atoms with Crippen LogP contribution in [-0.2, 0) is 30.6 Å². The predicted octanol–water partition coefficient (Wildman–Crippen LogP) is 4.10. The summed E-state index contributed by atoms with van der Waals surface area (Å²) in [7, 11) is 2.17. The summed E-state index contributed by atoms with van der Waals surface area (Å²) < 4.78 is 2.07. The molecule has 4 heterocycles. The second-order valence-electron chi connectivity index (χ2n) is 8.75. The van der Waals surface area contributed by atoms with Gasteiger partial charge in [-0.25, -0.2) is 9.67 Å². The Morgan fingerprint density at radius 1 is 1.15 bits per heavy atom. The Bertz CT molecular complexity index is 1370. The van der Waals surface area contributed by atoms with Crippen molar-refractivity contribution < 1.29 is 4.79 Å². The van der Waals surface area contributed by atoms with Gasteiger partial charge in [-0.3, -0.25) is 9.78 Å². The number of hydrogen-bond donors (Lipinski definition) is 1. The maximum atomic E-state index is 11.6. The summed E-state index contributed by atoms with van der Waals surface area (Å²) in [4.78, 5) is 24.1. The van der Waals surface area contributed by atoms with Crippen LogP contribution >= 0.6 is 11.3 Å². The van der Waals surface area contributed by atoms with Crippen LogP contribution in [0.1, 0.15) is 29.3 Å². The summed E-state index contributed by atoms with van der Waals surface area (Å²) in [5, 5.41) is 8.63. The topological polar surface area (TPSA) is 75.9 Å². The molecule has 0 spiro atoms. The minimum atomic E-state index is -0.106. The molecule has 0 saturated heterocycles. The number of nitrogens with one attached hydrogen (secondary N) is 1. The number of aryl methyl sites for hydroxylation is 1. The molecule has 1 amide bonds. The summed E-state index contributed by atoms with van der Waals surface area (Å²) in [6.07, 6.45) is 6.38. The largest absolute Gasteiger partial charge is 0.302 e. The number of hydrogen-bond acceptors (Lipinski definition) is 6. The predicted molar refractivity (Wildman–Crippen MR) is 130 cm³/mol. The molecule has 4 aromatic rings. The molecule has 0 radical (unpaired) electrons. The van der Waals surface area contributed by atoms with E-state index >= 15 is 0 Å². The monoisotopic (exact) mass is 456 g/mol. The highest BCUT2D eigenvalue weighted by Crippen LogP contribution is 2.44. The normalized spacial score (nSPS) is 15.0. The van der Waals surface area contributed by atoms with E-state index in [4.69, 9.17) is 10.1 Å². The van der Waals surface area contributed by atoms with Gasteiger partial charge in [0.2, 0.25) is 5.91 Å². The number of rotatable bonds is 3. The Morgan fingerprint density at radius 2 is 2.06 bits per heavy atom. The highest BCUT2D eigenvalue weighted by Gasteiger charge is 2.30. The first kappa shape index (κ1) is 20.3. The SMILES string of the molecule is CC(=O)Nc1nc2c(s1)-c1c(c(-c3cccnc3)nn1-c1ccc3c(c1)CCN(C)C3)CC2. The Morgan fingerprint density at radius 3 is 2.88 bits per heavy atom. The van der Waals surface area contributed by atoms with E-state index in [0.717, 1.165) is 65.6 Å². The lowest BCUT2D eigenvalue weighted by atomic mass is 9.95. The highest BCUT2D eigenvalue weighted by molar-refractivity contribution is 7.19. The molecule has 0 unspecified atom stereocenters. The smallest absolute Gasteiger partial charge is 0.223 e. The van der Waals surface area contributed by atoms with E-state index in [9.17, 15) is 4.79 Å². The molecular weight excluding hydrogens is 432 g/mol. The number of thiazole rings is 1. The van der Waals surface area contributed by atoms with Crippen molar-refractivity contribution in [2.45, 2.75) is 32.7 Å². The van der Waals surface area contributed by atoms with E-state index in [0.29, 0.717) is 5.13 Å². The van der Waals surface area contributed by atoms with Crippen molar-refractivity contribution >= 4 is 22.4 Å². The number of nitrogens with zero attached hydrogens (tertiary/aromatic N) is 5. The second kappa shape index (κ2) is 7.90. The first-order valence-corrected chi connectivity index (χ1v) is 12.0. The Kier molecular flexibility index (Phi) is 4.85. The molecule has 1 N–H and O–H groups in total. The number of likely N-dealkylation sites (N-methyl/N-ethyl adjacent to an activating group) is 1. The molecule has 8 heteroatoms. The fraction of sp³-hybridized carbons (Fsp3) is 0.280. The van der Waals surface area contributed by atoms with E-state index in [1.165, 1.54) is 35.0 Å². The average Bonchev–Trinajstić information content (AvgIpc) is 3.39. The molecule has 0 saturated carbocycles. The second-order valence-corrected chi connectivity index (χ2v) is 9.75. The number of pyridine rings is 1. The Labute approximate surface area is 196 Å². The van der Waals surface area contributed by atoms with Crippen LogP contribution in [0.5, 0.6) is 0 Å². The maximum Gasteiger partial charge on any atom is 0.223 e. The zero-order chi connectivity index (χ0) is 22.5. The summed E-state index contributed by atoms with van der Waals surface area (Å²) in [6.45, 7) is 3.56. The molecule has 7 nitrogen and oxygen atoms in total. The number of carbonyl (C=O) groups is 1. The molecule has 0 fully saturated rings. The third-order valence-electron chi connectivity index (χ3n) is 6.36. The first-order valence-electron chi connectivity index (χ1n) is 11.2. The molecule has 33 heavy (non-hydrogen) atoms. The van der Waals surface area contributed by atoms with Crippen LogP contribution in [0.4, 0.5) is 5.13 Å². The van der Waals surface area contributed by atoms with Crippen LogP contribution < -0.4 is 5.32 Å². The van der Waals surface area contributed by atoms with E-state index in [1.54, 1.807) is 6.20 Å². The lowest BCUT2D eigenvalue weighted by Crippen LogP contribution is -2.26. The fourth-order valence-electron chi connectivity index (χ4n) is 4.81. The van der Waals surface area contributed by atoms with Gasteiger partial charge in [-0.05, 0) is 61.7 Å². The van der Waals surface area contributed by atoms with Crippen LogP contribution in [0, 0.1) is 0 Å². The summed E-state index contributed by atoms with van der Waals surface area (Å²) >= 11 is 1.53. The van der Waals surface area contributed by atoms with Crippen LogP contribution in [0.15, 0.2) is 42.7 Å². The number of anilines is 1. The van der Waals surface area contributed by atoms with Crippen molar-refractivity contribution in [3.63, 3.8) is 0 Å². The van der Waals surface area contributed by atoms with Gasteiger partial charge < -0.3 is 10.2 Å². The minimum absolute atomic E-state index is 0.106. The summed E-state index contributed by atoms with van der Waals surface area (Å²) in [5.41, 5.74) is 9.13. The molecule has 1 aliphatic heterocycles. The number of fused-ring (bicyclic) bond motifs is 4. The van der Waals surface area contributed by atoms with Crippen molar-refractivity contribution in [2.75, 3.05) is 18.9 Å². The molecule has 6 rings (SSSR count). The highest BCUT2D eigenvalue weighted by atomic mass is 32.1. The zero-order valence-corrected chi connectivity index (χ0v) is 19.4. The third kappa shape index (κ3) is 3.55. The Hall–Kier alpha value is -3.36. The lowest BCUT2D eigenvalue weighted by molar-refractivity contribution is -0.114.